The van der Waals surface area contributed by atoms with Gasteiger partial charge in [0.15, 0.2) is 0 Å². The van der Waals surface area contributed by atoms with E-state index in [1.165, 1.54) is 0 Å². The lowest BCUT2D eigenvalue weighted by molar-refractivity contribution is 0.0415. The number of hydrogen-bond donors (Lipinski definition) is 1. The van der Waals surface area contributed by atoms with Crippen molar-refractivity contribution in [1.82, 2.24) is 19.9 Å². The van der Waals surface area contributed by atoms with Gasteiger partial charge < -0.3 is 19.7 Å². The lowest BCUT2D eigenvalue weighted by Crippen LogP contribution is -2.47. The van der Waals surface area contributed by atoms with Crippen LogP contribution in [-0.2, 0) is 4.74 Å². The molecule has 3 rings (SSSR count). The number of likely N-dealkylation sites (tertiary alicyclic amines) is 1. The monoisotopic (exact) mass is 359 g/mol. The summed E-state index contributed by atoms with van der Waals surface area (Å²) in [5, 5.41) is 4.08. The van der Waals surface area contributed by atoms with Gasteiger partial charge in [-0.25, -0.2) is 15.0 Å². The predicted molar refractivity (Wildman–Crippen MR) is 103 cm³/mol. The van der Waals surface area contributed by atoms with E-state index in [4.69, 9.17) is 9.47 Å². The van der Waals surface area contributed by atoms with E-state index in [1.807, 2.05) is 13.0 Å². The van der Waals surface area contributed by atoms with Crippen molar-refractivity contribution in [3.63, 3.8) is 0 Å². The summed E-state index contributed by atoms with van der Waals surface area (Å²) in [5.74, 6) is 1.20. The molecule has 0 spiro atoms. The zero-order valence-electron chi connectivity index (χ0n) is 16.3. The Kier molecular flexibility index (Phi) is 5.88. The van der Waals surface area contributed by atoms with Crippen molar-refractivity contribution < 1.29 is 9.47 Å². The van der Waals surface area contributed by atoms with Gasteiger partial charge in [0.1, 0.15) is 6.10 Å². The Hall–Kier alpha value is -1.99. The lowest BCUT2D eigenvalue weighted by Gasteiger charge is -2.39. The van der Waals surface area contributed by atoms with E-state index in [1.54, 1.807) is 19.5 Å². The summed E-state index contributed by atoms with van der Waals surface area (Å²) in [7, 11) is 3.86. The van der Waals surface area contributed by atoms with E-state index >= 15 is 0 Å². The van der Waals surface area contributed by atoms with E-state index < -0.39 is 0 Å². The van der Waals surface area contributed by atoms with Crippen molar-refractivity contribution in [2.75, 3.05) is 26.1 Å². The van der Waals surface area contributed by atoms with Crippen molar-refractivity contribution in [2.45, 2.75) is 57.8 Å². The van der Waals surface area contributed by atoms with E-state index in [9.17, 15) is 0 Å². The molecule has 1 saturated heterocycles. The molecule has 0 bridgehead atoms. The summed E-state index contributed by atoms with van der Waals surface area (Å²) in [6, 6.07) is 3.01. The summed E-state index contributed by atoms with van der Waals surface area (Å²) in [5.41, 5.74) is 0.825. The minimum atomic E-state index is 0.136. The third kappa shape index (κ3) is 4.22. The van der Waals surface area contributed by atoms with Crippen LogP contribution in [0.25, 0.3) is 10.9 Å². The van der Waals surface area contributed by atoms with Crippen LogP contribution >= 0.6 is 0 Å². The third-order valence-electron chi connectivity index (χ3n) is 5.14. The van der Waals surface area contributed by atoms with Crippen LogP contribution in [0.3, 0.4) is 0 Å². The van der Waals surface area contributed by atoms with Crippen molar-refractivity contribution in [2.24, 2.45) is 0 Å². The molecule has 0 radical (unpaired) electrons. The van der Waals surface area contributed by atoms with E-state index in [0.717, 1.165) is 23.7 Å². The van der Waals surface area contributed by atoms with Gasteiger partial charge in [0.25, 0.3) is 0 Å². The Balaban J connectivity index is 1.77. The van der Waals surface area contributed by atoms with Gasteiger partial charge in [-0.05, 0) is 46.7 Å². The maximum Gasteiger partial charge on any atom is 0.224 e. The normalized spacial score (nSPS) is 25.2. The van der Waals surface area contributed by atoms with Gasteiger partial charge in [-0.1, -0.05) is 0 Å². The van der Waals surface area contributed by atoms with Crippen LogP contribution in [0.15, 0.2) is 18.5 Å². The first-order chi connectivity index (χ1) is 12.5. The second-order valence-corrected chi connectivity index (χ2v) is 7.32. The highest BCUT2D eigenvalue weighted by Crippen LogP contribution is 2.28. The SMILES string of the molecule is COCC(C)Nc1ncc2c(OC3CC(C)N(C)C(C)C3)nccc2n1. The minimum Gasteiger partial charge on any atom is -0.474 e. The fourth-order valence-electron chi connectivity index (χ4n) is 3.49. The maximum absolute atomic E-state index is 6.26. The molecule has 3 unspecified atom stereocenters. The number of rotatable bonds is 6. The number of methoxy groups -OCH3 is 1. The Morgan fingerprint density at radius 3 is 2.69 bits per heavy atom. The summed E-state index contributed by atoms with van der Waals surface area (Å²) in [6.07, 6.45) is 5.68. The van der Waals surface area contributed by atoms with Gasteiger partial charge in [-0.15, -0.1) is 0 Å². The molecule has 2 aromatic heterocycles. The Bertz CT molecular complexity index is 729. The first-order valence-corrected chi connectivity index (χ1v) is 9.23. The number of pyridine rings is 1. The summed E-state index contributed by atoms with van der Waals surface area (Å²) < 4.78 is 11.4. The van der Waals surface area contributed by atoms with Gasteiger partial charge in [0, 0.05) is 37.6 Å². The van der Waals surface area contributed by atoms with Crippen molar-refractivity contribution >= 4 is 16.9 Å². The van der Waals surface area contributed by atoms with Crippen molar-refractivity contribution in [1.29, 1.82) is 0 Å². The number of nitrogens with one attached hydrogen (secondary N) is 1. The second-order valence-electron chi connectivity index (χ2n) is 7.32. The van der Waals surface area contributed by atoms with Crippen LogP contribution in [0.1, 0.15) is 33.6 Å². The molecule has 142 valence electrons. The van der Waals surface area contributed by atoms with Crippen LogP contribution in [0.2, 0.25) is 0 Å². The number of aromatic nitrogens is 3. The Morgan fingerprint density at radius 1 is 1.27 bits per heavy atom. The highest BCUT2D eigenvalue weighted by atomic mass is 16.5. The first kappa shape index (κ1) is 18.8. The molecule has 0 aliphatic carbocycles. The zero-order valence-corrected chi connectivity index (χ0v) is 16.3. The second kappa shape index (κ2) is 8.14. The first-order valence-electron chi connectivity index (χ1n) is 9.23. The lowest BCUT2D eigenvalue weighted by atomic mass is 9.95. The molecule has 2 aromatic rings. The molecule has 7 heteroatoms. The molecule has 1 aliphatic heterocycles. The van der Waals surface area contributed by atoms with Gasteiger partial charge in [-0.2, -0.15) is 0 Å². The molecule has 0 saturated carbocycles. The molecule has 3 heterocycles. The third-order valence-corrected chi connectivity index (χ3v) is 5.14. The molecule has 1 aliphatic rings. The van der Waals surface area contributed by atoms with Crippen LogP contribution in [0.4, 0.5) is 5.95 Å². The summed E-state index contributed by atoms with van der Waals surface area (Å²) in [6.45, 7) is 7.11. The highest BCUT2D eigenvalue weighted by molar-refractivity contribution is 5.83. The van der Waals surface area contributed by atoms with Crippen LogP contribution < -0.4 is 10.1 Å². The molecular weight excluding hydrogens is 330 g/mol. The van der Waals surface area contributed by atoms with Crippen LogP contribution in [0, 0.1) is 0 Å². The molecular formula is C19H29N5O2. The smallest absolute Gasteiger partial charge is 0.224 e. The fourth-order valence-corrected chi connectivity index (χ4v) is 3.49. The Morgan fingerprint density at radius 2 is 2.00 bits per heavy atom. The minimum absolute atomic E-state index is 0.136. The zero-order chi connectivity index (χ0) is 18.7. The number of fused-ring (bicyclic) bond motifs is 1. The van der Waals surface area contributed by atoms with E-state index in [0.29, 0.717) is 30.5 Å². The average molecular weight is 359 g/mol. The Labute approximate surface area is 155 Å². The standard InChI is InChI=1S/C19H29N5O2/c1-12(11-25-5)22-19-21-10-16-17(23-19)6-7-20-18(16)26-15-8-13(2)24(4)14(3)9-15/h6-7,10,12-15H,8-9,11H2,1-5H3,(H,21,22,23). The van der Waals surface area contributed by atoms with Gasteiger partial charge >= 0.3 is 0 Å². The molecule has 0 aromatic carbocycles. The fraction of sp³-hybridized carbons (Fsp3) is 0.632. The topological polar surface area (TPSA) is 72.4 Å². The molecule has 0 amide bonds. The number of hydrogen-bond acceptors (Lipinski definition) is 7. The average Bonchev–Trinajstić information content (AvgIpc) is 2.60. The maximum atomic E-state index is 6.26. The molecule has 7 nitrogen and oxygen atoms in total. The van der Waals surface area contributed by atoms with E-state index in [2.05, 4.69) is 46.1 Å². The molecule has 1 N–H and O–H groups in total. The number of piperidine rings is 1. The largest absolute Gasteiger partial charge is 0.474 e. The molecule has 3 atom stereocenters. The number of ether oxygens (including phenoxy) is 2. The predicted octanol–water partition coefficient (Wildman–Crippen LogP) is 2.72. The van der Waals surface area contributed by atoms with Crippen molar-refractivity contribution in [3.05, 3.63) is 18.5 Å². The van der Waals surface area contributed by atoms with Crippen LogP contribution in [0.5, 0.6) is 5.88 Å². The molecule has 26 heavy (non-hydrogen) atoms. The highest BCUT2D eigenvalue weighted by Gasteiger charge is 2.30. The summed E-state index contributed by atoms with van der Waals surface area (Å²) >= 11 is 0. The molecule has 1 fully saturated rings. The van der Waals surface area contributed by atoms with Gasteiger partial charge in [0.05, 0.1) is 17.5 Å². The number of nitrogens with zero attached hydrogens (tertiary/aromatic N) is 4. The van der Waals surface area contributed by atoms with Gasteiger partial charge in [0.2, 0.25) is 11.8 Å². The van der Waals surface area contributed by atoms with E-state index in [-0.39, 0.29) is 12.1 Å². The number of anilines is 1. The summed E-state index contributed by atoms with van der Waals surface area (Å²) in [4.78, 5) is 15.8. The van der Waals surface area contributed by atoms with Gasteiger partial charge in [-0.3, -0.25) is 0 Å². The quantitative estimate of drug-likeness (QED) is 0.850. The van der Waals surface area contributed by atoms with Crippen molar-refractivity contribution in [3.8, 4) is 5.88 Å². The van der Waals surface area contributed by atoms with Crippen LogP contribution in [-0.4, -0.2) is 64.8 Å².